The van der Waals surface area contributed by atoms with Gasteiger partial charge in [-0.2, -0.15) is 0 Å². The SMILES string of the molecule is O=C(O)C1CSC(c2nc3ccc4cc(OC5OC(C(=O)O)C(O)C(O)C5O)ccc4c3s2)=N1. The third-order valence-electron chi connectivity index (χ3n) is 5.53. The number of aliphatic imine (C=N–C) groups is 1. The second-order valence-corrected chi connectivity index (χ2v) is 9.78. The van der Waals surface area contributed by atoms with Gasteiger partial charge in [0.2, 0.25) is 6.29 Å². The Morgan fingerprint density at radius 2 is 1.82 bits per heavy atom. The van der Waals surface area contributed by atoms with Crippen LogP contribution in [0.4, 0.5) is 0 Å². The van der Waals surface area contributed by atoms with Gasteiger partial charge in [0, 0.05) is 11.1 Å². The topological polar surface area (TPSA) is 179 Å². The van der Waals surface area contributed by atoms with Gasteiger partial charge in [0.05, 0.1) is 10.2 Å². The molecule has 178 valence electrons. The molecule has 6 atom stereocenters. The van der Waals surface area contributed by atoms with E-state index >= 15 is 0 Å². The number of thioether (sulfide) groups is 1. The van der Waals surface area contributed by atoms with Gasteiger partial charge in [-0.1, -0.05) is 6.07 Å². The molecule has 2 aliphatic heterocycles. The lowest BCUT2D eigenvalue weighted by molar-refractivity contribution is -0.271. The Morgan fingerprint density at radius 1 is 1.03 bits per heavy atom. The summed E-state index contributed by atoms with van der Waals surface area (Å²) in [4.78, 5) is 31.3. The number of ether oxygens (including phenoxy) is 2. The molecule has 3 aromatic rings. The van der Waals surface area contributed by atoms with Crippen LogP contribution in [-0.2, 0) is 14.3 Å². The van der Waals surface area contributed by atoms with Crippen molar-refractivity contribution in [2.75, 3.05) is 5.75 Å². The minimum Gasteiger partial charge on any atom is -0.480 e. The van der Waals surface area contributed by atoms with Crippen molar-refractivity contribution >= 4 is 61.1 Å². The first-order valence-corrected chi connectivity index (χ1v) is 11.9. The van der Waals surface area contributed by atoms with Crippen LogP contribution in [0.3, 0.4) is 0 Å². The van der Waals surface area contributed by atoms with Crippen LogP contribution in [0.2, 0.25) is 0 Å². The molecule has 2 aliphatic rings. The number of benzene rings is 2. The largest absolute Gasteiger partial charge is 0.480 e. The van der Waals surface area contributed by atoms with Crippen molar-refractivity contribution in [2.45, 2.75) is 36.7 Å². The summed E-state index contributed by atoms with van der Waals surface area (Å²) in [5, 5.41) is 51.2. The number of aromatic nitrogens is 1. The number of carboxylic acid groups (broad SMARTS) is 2. The van der Waals surface area contributed by atoms with Gasteiger partial charge >= 0.3 is 11.9 Å². The Labute approximate surface area is 199 Å². The standard InChI is InChI=1S/C21H18N2O9S2/c24-12-13(25)15(20(29)30)32-21(14(12)26)31-8-2-3-9-7(5-8)1-4-10-16(9)34-18(22-10)17-23-11(6-33-17)19(27)28/h1-5,11-15,21,24-26H,6H2,(H,27,28)(H,29,30). The zero-order chi connectivity index (χ0) is 24.1. The van der Waals surface area contributed by atoms with Gasteiger partial charge in [-0.25, -0.2) is 14.6 Å². The molecule has 0 saturated carbocycles. The monoisotopic (exact) mass is 506 g/mol. The van der Waals surface area contributed by atoms with Crippen molar-refractivity contribution < 1.29 is 44.6 Å². The first-order valence-electron chi connectivity index (χ1n) is 10.1. The summed E-state index contributed by atoms with van der Waals surface area (Å²) in [6.07, 6.45) is -8.47. The van der Waals surface area contributed by atoms with Crippen molar-refractivity contribution in [1.82, 2.24) is 4.98 Å². The summed E-state index contributed by atoms with van der Waals surface area (Å²) < 4.78 is 11.7. The number of aliphatic carboxylic acids is 2. The molecular formula is C21H18N2O9S2. The van der Waals surface area contributed by atoms with Crippen molar-refractivity contribution in [3.63, 3.8) is 0 Å². The molecule has 1 fully saturated rings. The third-order valence-corrected chi connectivity index (χ3v) is 7.82. The van der Waals surface area contributed by atoms with E-state index < -0.39 is 48.7 Å². The highest BCUT2D eigenvalue weighted by Gasteiger charge is 2.48. The molecule has 1 saturated heterocycles. The second kappa shape index (κ2) is 8.76. The third kappa shape index (κ3) is 4.00. The maximum atomic E-state index is 11.3. The van der Waals surface area contributed by atoms with Gasteiger partial charge < -0.3 is 35.0 Å². The van der Waals surface area contributed by atoms with Crippen molar-refractivity contribution in [2.24, 2.45) is 4.99 Å². The van der Waals surface area contributed by atoms with E-state index in [9.17, 15) is 30.0 Å². The highest BCUT2D eigenvalue weighted by atomic mass is 32.2. The molecule has 6 unspecified atom stereocenters. The molecule has 0 radical (unpaired) electrons. The Morgan fingerprint density at radius 3 is 2.53 bits per heavy atom. The average Bonchev–Trinajstić information content (AvgIpc) is 3.46. The molecule has 5 rings (SSSR count). The summed E-state index contributed by atoms with van der Waals surface area (Å²) in [5.74, 6) is -1.83. The highest BCUT2D eigenvalue weighted by Crippen LogP contribution is 2.36. The number of hydrogen-bond acceptors (Lipinski definition) is 11. The molecule has 34 heavy (non-hydrogen) atoms. The summed E-state index contributed by atoms with van der Waals surface area (Å²) in [6.45, 7) is 0. The van der Waals surface area contributed by atoms with Gasteiger partial charge in [-0.3, -0.25) is 4.99 Å². The Kier molecular flexibility index (Phi) is 5.91. The van der Waals surface area contributed by atoms with E-state index in [4.69, 9.17) is 14.6 Å². The molecule has 5 N–H and O–H groups in total. The zero-order valence-corrected chi connectivity index (χ0v) is 18.8. The van der Waals surface area contributed by atoms with Gasteiger partial charge in [-0.05, 0) is 29.7 Å². The van der Waals surface area contributed by atoms with Crippen molar-refractivity contribution in [3.05, 3.63) is 35.3 Å². The molecule has 13 heteroatoms. The van der Waals surface area contributed by atoms with E-state index in [0.717, 1.165) is 21.0 Å². The Balaban J connectivity index is 1.43. The number of aliphatic hydroxyl groups is 3. The van der Waals surface area contributed by atoms with E-state index in [1.54, 1.807) is 18.2 Å². The molecule has 1 aromatic heterocycles. The average molecular weight is 507 g/mol. The van der Waals surface area contributed by atoms with E-state index in [0.29, 0.717) is 15.8 Å². The lowest BCUT2D eigenvalue weighted by Crippen LogP contribution is -2.61. The van der Waals surface area contributed by atoms with E-state index in [-0.39, 0.29) is 5.75 Å². The summed E-state index contributed by atoms with van der Waals surface area (Å²) in [5.41, 5.74) is 0.732. The van der Waals surface area contributed by atoms with Crippen LogP contribution in [0.5, 0.6) is 5.75 Å². The first-order chi connectivity index (χ1) is 16.2. The number of aliphatic hydroxyl groups excluding tert-OH is 3. The molecule has 2 aromatic carbocycles. The number of fused-ring (bicyclic) bond motifs is 3. The molecule has 0 amide bonds. The summed E-state index contributed by atoms with van der Waals surface area (Å²) >= 11 is 2.75. The van der Waals surface area contributed by atoms with E-state index in [1.807, 2.05) is 12.1 Å². The number of hydrogen-bond donors (Lipinski definition) is 5. The number of carbonyl (C=O) groups is 2. The fourth-order valence-corrected chi connectivity index (χ4v) is 5.95. The van der Waals surface area contributed by atoms with Gasteiger partial charge in [0.25, 0.3) is 0 Å². The predicted octanol–water partition coefficient (Wildman–Crippen LogP) is 0.667. The maximum absolute atomic E-state index is 11.3. The normalized spacial score (nSPS) is 29.3. The van der Waals surface area contributed by atoms with Gasteiger partial charge in [0.15, 0.2) is 12.1 Å². The quantitative estimate of drug-likeness (QED) is 0.328. The summed E-state index contributed by atoms with van der Waals surface area (Å²) in [7, 11) is 0. The van der Waals surface area contributed by atoms with Crippen LogP contribution >= 0.6 is 23.1 Å². The van der Waals surface area contributed by atoms with Crippen LogP contribution in [0, 0.1) is 0 Å². The van der Waals surface area contributed by atoms with Gasteiger partial charge in [0.1, 0.15) is 34.1 Å². The second-order valence-electron chi connectivity index (χ2n) is 7.77. The minimum absolute atomic E-state index is 0.258. The van der Waals surface area contributed by atoms with Crippen LogP contribution < -0.4 is 4.74 Å². The lowest BCUT2D eigenvalue weighted by atomic mass is 9.99. The maximum Gasteiger partial charge on any atom is 0.335 e. The number of rotatable bonds is 5. The predicted molar refractivity (Wildman–Crippen MR) is 122 cm³/mol. The highest BCUT2D eigenvalue weighted by molar-refractivity contribution is 8.15. The lowest BCUT2D eigenvalue weighted by Gasteiger charge is -2.38. The molecular weight excluding hydrogens is 488 g/mol. The Hall–Kier alpha value is -2.81. The minimum atomic E-state index is -1.80. The first kappa shape index (κ1) is 23.0. The van der Waals surface area contributed by atoms with Crippen LogP contribution in [0.1, 0.15) is 5.01 Å². The van der Waals surface area contributed by atoms with E-state index in [1.165, 1.54) is 23.1 Å². The van der Waals surface area contributed by atoms with Crippen LogP contribution in [0.15, 0.2) is 35.3 Å². The van der Waals surface area contributed by atoms with E-state index in [2.05, 4.69) is 9.98 Å². The number of carboxylic acids is 2. The van der Waals surface area contributed by atoms with Crippen molar-refractivity contribution in [3.8, 4) is 5.75 Å². The van der Waals surface area contributed by atoms with Crippen molar-refractivity contribution in [1.29, 1.82) is 0 Å². The molecule has 0 bridgehead atoms. The fourth-order valence-electron chi connectivity index (χ4n) is 3.76. The van der Waals surface area contributed by atoms with Gasteiger partial charge in [-0.15, -0.1) is 23.1 Å². The number of nitrogens with zero attached hydrogens (tertiary/aromatic N) is 2. The number of thiazole rings is 1. The van der Waals surface area contributed by atoms with Crippen LogP contribution in [0.25, 0.3) is 21.0 Å². The molecule has 11 nitrogen and oxygen atoms in total. The molecule has 0 aliphatic carbocycles. The fraction of sp³-hybridized carbons (Fsp3) is 0.333. The zero-order valence-electron chi connectivity index (χ0n) is 17.1. The Bertz CT molecular complexity index is 1330. The molecule has 3 heterocycles. The summed E-state index contributed by atoms with van der Waals surface area (Å²) in [6, 6.07) is 7.89. The molecule has 0 spiro atoms. The smallest absolute Gasteiger partial charge is 0.335 e. The van der Waals surface area contributed by atoms with Crippen LogP contribution in [-0.4, -0.2) is 90.0 Å².